The van der Waals surface area contributed by atoms with E-state index in [0.717, 1.165) is 18.5 Å². The lowest BCUT2D eigenvalue weighted by atomic mass is 10.1. The summed E-state index contributed by atoms with van der Waals surface area (Å²) in [5, 5.41) is 18.7. The second-order valence-electron chi connectivity index (χ2n) is 4.87. The number of carbonyl (C=O) groups is 1. The second kappa shape index (κ2) is 6.79. The van der Waals surface area contributed by atoms with Gasteiger partial charge in [0, 0.05) is 17.8 Å². The van der Waals surface area contributed by atoms with Gasteiger partial charge in [-0.05, 0) is 55.0 Å². The number of hydrogen-bond donors (Lipinski definition) is 2. The minimum absolute atomic E-state index is 0.117. The van der Waals surface area contributed by atoms with E-state index in [1.807, 2.05) is 0 Å². The molecule has 21 heavy (non-hydrogen) atoms. The van der Waals surface area contributed by atoms with Crippen molar-refractivity contribution in [2.75, 3.05) is 11.4 Å². The Kier molecular flexibility index (Phi) is 4.82. The molecule has 110 valence electrons. The summed E-state index contributed by atoms with van der Waals surface area (Å²) >= 11 is 0. The quantitative estimate of drug-likeness (QED) is 0.883. The van der Waals surface area contributed by atoms with Gasteiger partial charge >= 0.3 is 0 Å². The average Bonchev–Trinajstić information content (AvgIpc) is 2.50. The smallest absolute Gasteiger partial charge is 0.258 e. The number of hydrogen-bond acceptors (Lipinski definition) is 3. The third-order valence-electron chi connectivity index (χ3n) is 3.26. The zero-order valence-electron chi connectivity index (χ0n) is 12.0. The lowest BCUT2D eigenvalue weighted by Crippen LogP contribution is -2.31. The molecule has 0 aromatic heterocycles. The van der Waals surface area contributed by atoms with Crippen LogP contribution in [0.3, 0.4) is 0 Å². The van der Waals surface area contributed by atoms with Gasteiger partial charge in [-0.25, -0.2) is 0 Å². The fourth-order valence-corrected chi connectivity index (χ4v) is 2.06. The Balaban J connectivity index is 2.28. The molecular weight excluding hydrogens is 266 g/mol. The Bertz CT molecular complexity index is 590. The highest BCUT2D eigenvalue weighted by Crippen LogP contribution is 2.22. The van der Waals surface area contributed by atoms with Gasteiger partial charge in [0.15, 0.2) is 0 Å². The number of benzene rings is 2. The molecule has 0 radical (unpaired) electrons. The summed E-state index contributed by atoms with van der Waals surface area (Å²) in [6.45, 7) is 2.68. The van der Waals surface area contributed by atoms with Crippen LogP contribution in [-0.4, -0.2) is 22.7 Å². The van der Waals surface area contributed by atoms with Crippen molar-refractivity contribution in [1.82, 2.24) is 0 Å². The van der Waals surface area contributed by atoms with Crippen molar-refractivity contribution in [3.8, 4) is 11.5 Å². The predicted octanol–water partition coefficient (Wildman–Crippen LogP) is 3.54. The van der Waals surface area contributed by atoms with Gasteiger partial charge in [-0.3, -0.25) is 4.79 Å². The van der Waals surface area contributed by atoms with Gasteiger partial charge in [0.25, 0.3) is 5.91 Å². The lowest BCUT2D eigenvalue weighted by Gasteiger charge is -2.23. The molecule has 2 N–H and O–H groups in total. The predicted molar refractivity (Wildman–Crippen MR) is 82.8 cm³/mol. The topological polar surface area (TPSA) is 60.8 Å². The molecular formula is C17H19NO3. The van der Waals surface area contributed by atoms with E-state index >= 15 is 0 Å². The van der Waals surface area contributed by atoms with E-state index < -0.39 is 0 Å². The monoisotopic (exact) mass is 285 g/mol. The molecule has 0 bridgehead atoms. The number of unbranched alkanes of at least 4 members (excludes halogenated alkanes) is 1. The molecule has 2 rings (SSSR count). The minimum Gasteiger partial charge on any atom is -0.508 e. The molecule has 4 heteroatoms. The summed E-state index contributed by atoms with van der Waals surface area (Å²) < 4.78 is 0. The van der Waals surface area contributed by atoms with Crippen molar-refractivity contribution >= 4 is 11.6 Å². The number of anilines is 1. The average molecular weight is 285 g/mol. The molecule has 0 atom stereocenters. The van der Waals surface area contributed by atoms with Gasteiger partial charge in [0.05, 0.1) is 0 Å². The molecule has 0 aliphatic heterocycles. The molecule has 0 heterocycles. The van der Waals surface area contributed by atoms with Crippen LogP contribution in [-0.2, 0) is 0 Å². The first kappa shape index (κ1) is 14.9. The van der Waals surface area contributed by atoms with E-state index in [9.17, 15) is 15.0 Å². The van der Waals surface area contributed by atoms with Gasteiger partial charge < -0.3 is 15.1 Å². The Morgan fingerprint density at radius 3 is 2.00 bits per heavy atom. The molecule has 1 amide bonds. The van der Waals surface area contributed by atoms with E-state index in [4.69, 9.17) is 0 Å². The fraction of sp³-hybridized carbons (Fsp3) is 0.235. The second-order valence-corrected chi connectivity index (χ2v) is 4.87. The van der Waals surface area contributed by atoms with Crippen LogP contribution in [0.4, 0.5) is 5.69 Å². The summed E-state index contributed by atoms with van der Waals surface area (Å²) in [7, 11) is 0. The number of aromatic hydroxyl groups is 2. The Labute approximate surface area is 124 Å². The molecule has 0 unspecified atom stereocenters. The van der Waals surface area contributed by atoms with Crippen molar-refractivity contribution in [2.45, 2.75) is 19.8 Å². The van der Waals surface area contributed by atoms with Gasteiger partial charge in [-0.2, -0.15) is 0 Å². The minimum atomic E-state index is -0.117. The van der Waals surface area contributed by atoms with Crippen molar-refractivity contribution in [3.63, 3.8) is 0 Å². The van der Waals surface area contributed by atoms with Crippen LogP contribution in [0.2, 0.25) is 0 Å². The molecule has 0 aliphatic rings. The number of carbonyl (C=O) groups excluding carboxylic acids is 1. The molecule has 0 saturated carbocycles. The Morgan fingerprint density at radius 2 is 1.48 bits per heavy atom. The van der Waals surface area contributed by atoms with Crippen LogP contribution in [0.15, 0.2) is 48.5 Å². The molecule has 2 aromatic rings. The third-order valence-corrected chi connectivity index (χ3v) is 3.26. The number of phenolic OH excluding ortho intramolecular Hbond substituents is 2. The zero-order valence-corrected chi connectivity index (χ0v) is 12.0. The van der Waals surface area contributed by atoms with Crippen LogP contribution in [0.5, 0.6) is 11.5 Å². The molecule has 0 fully saturated rings. The third kappa shape index (κ3) is 3.75. The normalized spacial score (nSPS) is 10.3. The van der Waals surface area contributed by atoms with Gasteiger partial charge in [-0.15, -0.1) is 0 Å². The summed E-state index contributed by atoms with van der Waals surface area (Å²) in [6, 6.07) is 12.8. The first-order valence-corrected chi connectivity index (χ1v) is 7.01. The summed E-state index contributed by atoms with van der Waals surface area (Å²) in [5.41, 5.74) is 1.27. The van der Waals surface area contributed by atoms with E-state index in [1.54, 1.807) is 41.3 Å². The molecule has 0 aliphatic carbocycles. The van der Waals surface area contributed by atoms with Crippen molar-refractivity contribution < 1.29 is 15.0 Å². The highest BCUT2D eigenvalue weighted by atomic mass is 16.3. The fourth-order valence-electron chi connectivity index (χ4n) is 2.06. The highest BCUT2D eigenvalue weighted by molar-refractivity contribution is 6.06. The molecule has 0 saturated heterocycles. The van der Waals surface area contributed by atoms with Crippen LogP contribution in [0, 0.1) is 0 Å². The summed E-state index contributed by atoms with van der Waals surface area (Å²) in [6.07, 6.45) is 1.88. The first-order valence-electron chi connectivity index (χ1n) is 7.01. The van der Waals surface area contributed by atoms with Crippen LogP contribution in [0.1, 0.15) is 30.1 Å². The molecule has 4 nitrogen and oxygen atoms in total. The van der Waals surface area contributed by atoms with Gasteiger partial charge in [0.2, 0.25) is 0 Å². The maximum absolute atomic E-state index is 12.6. The van der Waals surface area contributed by atoms with Crippen LogP contribution in [0.25, 0.3) is 0 Å². The first-order chi connectivity index (χ1) is 10.1. The standard InChI is InChI=1S/C17H19NO3/c1-2-3-12-18(14-6-10-16(20)11-7-14)17(21)13-4-8-15(19)9-5-13/h4-11,19-20H,2-3,12H2,1H3. The van der Waals surface area contributed by atoms with Gasteiger partial charge in [0.1, 0.15) is 11.5 Å². The molecule has 2 aromatic carbocycles. The van der Waals surface area contributed by atoms with Gasteiger partial charge in [-0.1, -0.05) is 13.3 Å². The van der Waals surface area contributed by atoms with E-state index in [0.29, 0.717) is 12.1 Å². The summed E-state index contributed by atoms with van der Waals surface area (Å²) in [5.74, 6) is 0.191. The van der Waals surface area contributed by atoms with Crippen molar-refractivity contribution in [1.29, 1.82) is 0 Å². The van der Waals surface area contributed by atoms with Crippen LogP contribution >= 0.6 is 0 Å². The largest absolute Gasteiger partial charge is 0.508 e. The number of nitrogens with zero attached hydrogens (tertiary/aromatic N) is 1. The summed E-state index contributed by atoms with van der Waals surface area (Å²) in [4.78, 5) is 14.3. The maximum atomic E-state index is 12.6. The number of rotatable bonds is 5. The maximum Gasteiger partial charge on any atom is 0.258 e. The molecule has 0 spiro atoms. The van der Waals surface area contributed by atoms with Crippen molar-refractivity contribution in [3.05, 3.63) is 54.1 Å². The highest BCUT2D eigenvalue weighted by Gasteiger charge is 2.17. The number of amides is 1. The zero-order chi connectivity index (χ0) is 15.2. The van der Waals surface area contributed by atoms with Crippen molar-refractivity contribution in [2.24, 2.45) is 0 Å². The SMILES string of the molecule is CCCCN(C(=O)c1ccc(O)cc1)c1ccc(O)cc1. The lowest BCUT2D eigenvalue weighted by molar-refractivity contribution is 0.0986. The Hall–Kier alpha value is -2.49. The van der Waals surface area contributed by atoms with E-state index in [2.05, 4.69) is 6.92 Å². The van der Waals surface area contributed by atoms with Crippen LogP contribution < -0.4 is 4.90 Å². The number of phenols is 2. The van der Waals surface area contributed by atoms with E-state index in [1.165, 1.54) is 12.1 Å². The Morgan fingerprint density at radius 1 is 0.952 bits per heavy atom. The van der Waals surface area contributed by atoms with E-state index in [-0.39, 0.29) is 17.4 Å².